The summed E-state index contributed by atoms with van der Waals surface area (Å²) in [6.07, 6.45) is 1.28. The third kappa shape index (κ3) is 2.87. The normalized spacial score (nSPS) is 12.0. The molecule has 0 saturated heterocycles. The maximum Gasteiger partial charge on any atom is 0.236 e. The molecule has 3 aromatic carbocycles. The van der Waals surface area contributed by atoms with Gasteiger partial charge in [-0.15, -0.1) is 0 Å². The van der Waals surface area contributed by atoms with Crippen LogP contribution in [0.2, 0.25) is 0 Å². The van der Waals surface area contributed by atoms with E-state index in [2.05, 4.69) is 36.9 Å². The fraction of sp³-hybridized carbons (Fsp3) is 0.217. The highest BCUT2D eigenvalue weighted by atomic mass is 32.2. The van der Waals surface area contributed by atoms with E-state index in [1.165, 1.54) is 10.2 Å². The van der Waals surface area contributed by atoms with Crippen LogP contribution >= 0.6 is 0 Å². The molecule has 0 aliphatic rings. The number of para-hydroxylation sites is 1. The molecule has 0 bridgehead atoms. The minimum absolute atomic E-state index is 0.717. The van der Waals surface area contributed by atoms with Crippen molar-refractivity contribution in [2.75, 3.05) is 24.2 Å². The van der Waals surface area contributed by atoms with E-state index < -0.39 is 10.0 Å². The van der Waals surface area contributed by atoms with Crippen molar-refractivity contribution in [3.05, 3.63) is 66.7 Å². The Kier molecular flexibility index (Phi) is 4.63. The maximum absolute atomic E-state index is 12.9. The van der Waals surface area contributed by atoms with Gasteiger partial charge in [0, 0.05) is 24.0 Å². The van der Waals surface area contributed by atoms with Crippen LogP contribution in [-0.2, 0) is 10.0 Å². The topological polar surface area (TPSA) is 42.3 Å². The lowest BCUT2D eigenvalue weighted by atomic mass is 10.0. The van der Waals surface area contributed by atoms with Gasteiger partial charge < -0.3 is 4.90 Å². The van der Waals surface area contributed by atoms with Gasteiger partial charge in [0.05, 0.1) is 23.2 Å². The average Bonchev–Trinajstić information content (AvgIpc) is 3.04. The highest BCUT2D eigenvalue weighted by Gasteiger charge is 2.26. The second kappa shape index (κ2) is 6.99. The Labute approximate surface area is 166 Å². The number of hydrogen-bond donors (Lipinski definition) is 0. The second-order valence-corrected chi connectivity index (χ2v) is 8.77. The average molecular weight is 393 g/mol. The summed E-state index contributed by atoms with van der Waals surface area (Å²) in [4.78, 5) is 2.24. The van der Waals surface area contributed by atoms with E-state index in [4.69, 9.17) is 0 Å². The fourth-order valence-corrected chi connectivity index (χ4v) is 5.10. The van der Waals surface area contributed by atoms with Gasteiger partial charge >= 0.3 is 0 Å². The van der Waals surface area contributed by atoms with E-state index in [0.717, 1.165) is 51.7 Å². The molecule has 4 aromatic rings. The van der Waals surface area contributed by atoms with E-state index in [1.54, 1.807) is 0 Å². The van der Waals surface area contributed by atoms with Crippen LogP contribution in [0.1, 0.15) is 13.8 Å². The van der Waals surface area contributed by atoms with Crippen LogP contribution in [0.5, 0.6) is 0 Å². The van der Waals surface area contributed by atoms with E-state index in [1.807, 2.05) is 48.5 Å². The second-order valence-electron chi connectivity index (χ2n) is 6.94. The van der Waals surface area contributed by atoms with Gasteiger partial charge in [-0.2, -0.15) is 0 Å². The van der Waals surface area contributed by atoms with Crippen LogP contribution in [0, 0.1) is 0 Å². The minimum Gasteiger partial charge on any atom is -0.370 e. The van der Waals surface area contributed by atoms with Gasteiger partial charge in [-0.25, -0.2) is 12.4 Å². The summed E-state index contributed by atoms with van der Waals surface area (Å²) < 4.78 is 27.4. The zero-order valence-electron chi connectivity index (χ0n) is 16.4. The lowest BCUT2D eigenvalue weighted by molar-refractivity contribution is 0.595. The molecule has 0 N–H and O–H groups in total. The van der Waals surface area contributed by atoms with Crippen LogP contribution in [-0.4, -0.2) is 31.7 Å². The first-order valence-corrected chi connectivity index (χ1v) is 11.4. The first-order chi connectivity index (χ1) is 13.5. The Morgan fingerprint density at radius 3 is 2.11 bits per heavy atom. The molecule has 0 fully saturated rings. The summed E-state index contributed by atoms with van der Waals surface area (Å²) in [6, 6.07) is 21.9. The molecule has 28 heavy (non-hydrogen) atoms. The highest BCUT2D eigenvalue weighted by Crippen LogP contribution is 2.43. The number of anilines is 1. The van der Waals surface area contributed by atoms with Crippen molar-refractivity contribution >= 4 is 37.4 Å². The van der Waals surface area contributed by atoms with Crippen LogP contribution < -0.4 is 4.90 Å². The molecule has 5 heteroatoms. The van der Waals surface area contributed by atoms with Gasteiger partial charge in [-0.3, -0.25) is 0 Å². The Balaban J connectivity index is 2.25. The first kappa shape index (κ1) is 18.6. The van der Waals surface area contributed by atoms with E-state index in [9.17, 15) is 8.42 Å². The minimum atomic E-state index is -3.52. The van der Waals surface area contributed by atoms with E-state index >= 15 is 0 Å². The highest BCUT2D eigenvalue weighted by molar-refractivity contribution is 7.89. The molecule has 0 radical (unpaired) electrons. The molecule has 0 atom stereocenters. The molecule has 0 aliphatic heterocycles. The number of rotatable bonds is 5. The molecule has 4 nitrogen and oxygen atoms in total. The fourth-order valence-electron chi connectivity index (χ4n) is 4.07. The third-order valence-electron chi connectivity index (χ3n) is 5.26. The van der Waals surface area contributed by atoms with Crippen molar-refractivity contribution < 1.29 is 8.42 Å². The summed E-state index contributed by atoms with van der Waals surface area (Å²) in [7, 11) is -3.52. The number of nitrogens with zero attached hydrogens (tertiary/aromatic N) is 2. The Morgan fingerprint density at radius 2 is 1.43 bits per heavy atom. The molecule has 0 spiro atoms. The first-order valence-electron chi connectivity index (χ1n) is 9.54. The number of aromatic nitrogens is 1. The molecule has 144 valence electrons. The van der Waals surface area contributed by atoms with Crippen LogP contribution in [0.25, 0.3) is 32.9 Å². The summed E-state index contributed by atoms with van der Waals surface area (Å²) >= 11 is 0. The van der Waals surface area contributed by atoms with E-state index in [0.29, 0.717) is 0 Å². The number of hydrogen-bond acceptors (Lipinski definition) is 3. The summed E-state index contributed by atoms with van der Waals surface area (Å²) in [5.41, 5.74) is 3.36. The van der Waals surface area contributed by atoms with E-state index in [-0.39, 0.29) is 0 Å². The Morgan fingerprint density at radius 1 is 0.821 bits per heavy atom. The molecule has 0 amide bonds. The van der Waals surface area contributed by atoms with Gasteiger partial charge in [-0.1, -0.05) is 60.7 Å². The van der Waals surface area contributed by atoms with Crippen molar-refractivity contribution in [1.29, 1.82) is 0 Å². The Hall–Kier alpha value is -2.79. The van der Waals surface area contributed by atoms with Gasteiger partial charge in [0.2, 0.25) is 10.0 Å². The lowest BCUT2D eigenvalue weighted by Crippen LogP contribution is -2.23. The SMILES string of the molecule is CCN(CC)c1c(-c2cccc3ccccc23)n(S(C)(=O)=O)c2ccccc12. The van der Waals surface area contributed by atoms with Crippen molar-refractivity contribution in [2.45, 2.75) is 13.8 Å². The molecular weight excluding hydrogens is 368 g/mol. The zero-order chi connectivity index (χ0) is 19.9. The van der Waals surface area contributed by atoms with Gasteiger partial charge in [0.15, 0.2) is 0 Å². The molecule has 4 rings (SSSR count). The monoisotopic (exact) mass is 392 g/mol. The summed E-state index contributed by atoms with van der Waals surface area (Å²) in [6.45, 7) is 5.80. The predicted molar refractivity (Wildman–Crippen MR) is 119 cm³/mol. The number of benzene rings is 3. The smallest absolute Gasteiger partial charge is 0.236 e. The molecular formula is C23H24N2O2S. The van der Waals surface area contributed by atoms with Gasteiger partial charge in [0.1, 0.15) is 0 Å². The molecule has 1 heterocycles. The predicted octanol–water partition coefficient (Wildman–Crippen LogP) is 5.12. The van der Waals surface area contributed by atoms with Crippen LogP contribution in [0.4, 0.5) is 5.69 Å². The zero-order valence-corrected chi connectivity index (χ0v) is 17.2. The number of fused-ring (bicyclic) bond motifs is 2. The van der Waals surface area contributed by atoms with Crippen LogP contribution in [0.15, 0.2) is 66.7 Å². The molecule has 0 unspecified atom stereocenters. The maximum atomic E-state index is 12.9. The van der Waals surface area contributed by atoms with Crippen molar-refractivity contribution in [3.63, 3.8) is 0 Å². The van der Waals surface area contributed by atoms with Crippen molar-refractivity contribution in [3.8, 4) is 11.3 Å². The molecule has 0 saturated carbocycles. The summed E-state index contributed by atoms with van der Waals surface area (Å²) in [5, 5.41) is 3.10. The lowest BCUT2D eigenvalue weighted by Gasteiger charge is -2.23. The Bertz CT molecular complexity index is 1260. The van der Waals surface area contributed by atoms with Crippen LogP contribution in [0.3, 0.4) is 0 Å². The standard InChI is InChI=1S/C23H24N2O2S/c1-4-24(5-2)22-20-14-8-9-16-21(20)25(28(3,26)27)23(22)19-15-10-12-17-11-6-7-13-18(17)19/h6-16H,4-5H2,1-3H3. The molecule has 0 aliphatic carbocycles. The largest absolute Gasteiger partial charge is 0.370 e. The van der Waals surface area contributed by atoms with Gasteiger partial charge in [0.25, 0.3) is 0 Å². The quantitative estimate of drug-likeness (QED) is 0.474. The molecule has 1 aromatic heterocycles. The van der Waals surface area contributed by atoms with Crippen molar-refractivity contribution in [1.82, 2.24) is 3.97 Å². The van der Waals surface area contributed by atoms with Crippen molar-refractivity contribution in [2.24, 2.45) is 0 Å². The van der Waals surface area contributed by atoms with Gasteiger partial charge in [-0.05, 0) is 30.7 Å². The summed E-state index contributed by atoms with van der Waals surface area (Å²) in [5.74, 6) is 0. The third-order valence-corrected chi connectivity index (χ3v) is 6.30.